The van der Waals surface area contributed by atoms with Crippen molar-refractivity contribution < 1.29 is 9.90 Å². The number of pyridine rings is 1. The van der Waals surface area contributed by atoms with Crippen molar-refractivity contribution in [2.45, 2.75) is 19.8 Å². The molecule has 1 saturated heterocycles. The summed E-state index contributed by atoms with van der Waals surface area (Å²) in [6.07, 6.45) is 3.44. The van der Waals surface area contributed by atoms with Gasteiger partial charge in [0, 0.05) is 26.2 Å². The number of hydrogen-bond donors (Lipinski definition) is 2. The summed E-state index contributed by atoms with van der Waals surface area (Å²) in [6, 6.07) is 3.64. The first-order chi connectivity index (χ1) is 9.24. The summed E-state index contributed by atoms with van der Waals surface area (Å²) in [5, 5.41) is 12.2. The van der Waals surface area contributed by atoms with Crippen molar-refractivity contribution in [3.63, 3.8) is 0 Å². The van der Waals surface area contributed by atoms with Gasteiger partial charge in [-0.3, -0.25) is 4.79 Å². The predicted octanol–water partition coefficient (Wildman–Crippen LogP) is 1.36. The highest BCUT2D eigenvalue weighted by atomic mass is 16.3. The van der Waals surface area contributed by atoms with Gasteiger partial charge in [-0.15, -0.1) is 0 Å². The van der Waals surface area contributed by atoms with Gasteiger partial charge in [0.05, 0.1) is 11.9 Å². The van der Waals surface area contributed by atoms with Crippen LogP contribution >= 0.6 is 0 Å². The number of hydrogen-bond acceptors (Lipinski definition) is 4. The lowest BCUT2D eigenvalue weighted by molar-refractivity contribution is 0.0645. The zero-order valence-electron chi connectivity index (χ0n) is 11.3. The highest BCUT2D eigenvalue weighted by Crippen LogP contribution is 2.18. The molecule has 0 unspecified atom stereocenters. The second-order valence-electron chi connectivity index (χ2n) is 4.88. The fourth-order valence-electron chi connectivity index (χ4n) is 2.31. The van der Waals surface area contributed by atoms with Crippen molar-refractivity contribution in [2.75, 3.05) is 31.6 Å². The van der Waals surface area contributed by atoms with E-state index in [1.807, 2.05) is 17.9 Å². The van der Waals surface area contributed by atoms with Crippen molar-refractivity contribution in [2.24, 2.45) is 5.92 Å². The molecule has 0 radical (unpaired) electrons. The van der Waals surface area contributed by atoms with Crippen molar-refractivity contribution >= 4 is 11.6 Å². The van der Waals surface area contributed by atoms with Crippen LogP contribution in [0.5, 0.6) is 0 Å². The Morgan fingerprint density at radius 2 is 2.21 bits per heavy atom. The molecule has 0 saturated carbocycles. The van der Waals surface area contributed by atoms with E-state index in [2.05, 4.69) is 10.3 Å². The average molecular weight is 263 g/mol. The fourth-order valence-corrected chi connectivity index (χ4v) is 2.31. The van der Waals surface area contributed by atoms with Crippen LogP contribution in [0.2, 0.25) is 0 Å². The lowest BCUT2D eigenvalue weighted by atomic mass is 9.98. The van der Waals surface area contributed by atoms with Crippen molar-refractivity contribution in [3.8, 4) is 0 Å². The van der Waals surface area contributed by atoms with E-state index in [1.165, 1.54) is 0 Å². The molecule has 0 spiro atoms. The smallest absolute Gasteiger partial charge is 0.272 e. The van der Waals surface area contributed by atoms with Gasteiger partial charge in [0.25, 0.3) is 5.91 Å². The molecule has 0 atom stereocenters. The standard InChI is InChI=1S/C14H21N3O2/c1-2-15-12-3-4-13(16-9-12)14(19)17-7-5-11(10-18)6-8-17/h3-4,9,11,15,18H,2,5-8,10H2,1H3. The van der Waals surface area contributed by atoms with Crippen LogP contribution < -0.4 is 5.32 Å². The molecule has 1 aromatic rings. The fraction of sp³-hybridized carbons (Fsp3) is 0.571. The molecule has 1 aliphatic rings. The molecule has 0 aliphatic carbocycles. The maximum atomic E-state index is 12.2. The molecule has 1 aliphatic heterocycles. The second-order valence-corrected chi connectivity index (χ2v) is 4.88. The van der Waals surface area contributed by atoms with Crippen LogP contribution in [0.25, 0.3) is 0 Å². The van der Waals surface area contributed by atoms with Gasteiger partial charge < -0.3 is 15.3 Å². The molecule has 2 rings (SSSR count). The van der Waals surface area contributed by atoms with E-state index >= 15 is 0 Å². The normalized spacial score (nSPS) is 16.4. The maximum absolute atomic E-state index is 12.2. The molecule has 0 bridgehead atoms. The number of aliphatic hydroxyl groups excluding tert-OH is 1. The Morgan fingerprint density at radius 1 is 1.47 bits per heavy atom. The molecule has 104 valence electrons. The number of aliphatic hydroxyl groups is 1. The second kappa shape index (κ2) is 6.52. The van der Waals surface area contributed by atoms with Crippen molar-refractivity contribution in [3.05, 3.63) is 24.0 Å². The Hall–Kier alpha value is -1.62. The van der Waals surface area contributed by atoms with Crippen LogP contribution in [0, 0.1) is 5.92 Å². The minimum atomic E-state index is -0.0144. The molecule has 2 heterocycles. The van der Waals surface area contributed by atoms with Gasteiger partial charge in [0.1, 0.15) is 5.69 Å². The molecule has 19 heavy (non-hydrogen) atoms. The number of rotatable bonds is 4. The van der Waals surface area contributed by atoms with Gasteiger partial charge in [-0.25, -0.2) is 4.98 Å². The van der Waals surface area contributed by atoms with E-state index < -0.39 is 0 Å². The zero-order valence-corrected chi connectivity index (χ0v) is 11.3. The van der Waals surface area contributed by atoms with Crippen LogP contribution in [-0.4, -0.2) is 47.1 Å². The van der Waals surface area contributed by atoms with Crippen molar-refractivity contribution in [1.82, 2.24) is 9.88 Å². The van der Waals surface area contributed by atoms with Crippen LogP contribution in [0.3, 0.4) is 0 Å². The van der Waals surface area contributed by atoms with Crippen molar-refractivity contribution in [1.29, 1.82) is 0 Å². The number of anilines is 1. The Balaban J connectivity index is 1.96. The zero-order chi connectivity index (χ0) is 13.7. The minimum absolute atomic E-state index is 0.0144. The summed E-state index contributed by atoms with van der Waals surface area (Å²) in [5.41, 5.74) is 1.42. The quantitative estimate of drug-likeness (QED) is 0.861. The molecule has 0 aromatic carbocycles. The first-order valence-corrected chi connectivity index (χ1v) is 6.84. The summed E-state index contributed by atoms with van der Waals surface area (Å²) >= 11 is 0. The number of nitrogens with zero attached hydrogens (tertiary/aromatic N) is 2. The van der Waals surface area contributed by atoms with Gasteiger partial charge in [-0.2, -0.15) is 0 Å². The van der Waals surface area contributed by atoms with Crippen LogP contribution in [0.4, 0.5) is 5.69 Å². The number of amides is 1. The van der Waals surface area contributed by atoms with E-state index in [0.717, 1.165) is 25.1 Å². The summed E-state index contributed by atoms with van der Waals surface area (Å²) in [4.78, 5) is 18.3. The lowest BCUT2D eigenvalue weighted by Gasteiger charge is -2.30. The molecule has 5 nitrogen and oxygen atoms in total. The Kier molecular flexibility index (Phi) is 4.74. The molecule has 1 amide bonds. The van der Waals surface area contributed by atoms with Crippen LogP contribution in [-0.2, 0) is 0 Å². The molecule has 1 fully saturated rings. The molecule has 1 aromatic heterocycles. The first-order valence-electron chi connectivity index (χ1n) is 6.84. The van der Waals surface area contributed by atoms with Gasteiger partial charge >= 0.3 is 0 Å². The molecule has 5 heteroatoms. The number of nitrogens with one attached hydrogen (secondary N) is 1. The van der Waals surface area contributed by atoms with Crippen LogP contribution in [0.1, 0.15) is 30.3 Å². The molecular formula is C14H21N3O2. The Labute approximate surface area is 113 Å². The number of carbonyl (C=O) groups excluding carboxylic acids is 1. The van der Waals surface area contributed by atoms with E-state index in [4.69, 9.17) is 5.11 Å². The third-order valence-corrected chi connectivity index (χ3v) is 3.52. The number of aromatic nitrogens is 1. The average Bonchev–Trinajstić information content (AvgIpc) is 2.48. The van der Waals surface area contributed by atoms with E-state index in [-0.39, 0.29) is 12.5 Å². The predicted molar refractivity (Wildman–Crippen MR) is 74.1 cm³/mol. The van der Waals surface area contributed by atoms with Gasteiger partial charge in [0.2, 0.25) is 0 Å². The van der Waals surface area contributed by atoms with Gasteiger partial charge in [-0.1, -0.05) is 0 Å². The third-order valence-electron chi connectivity index (χ3n) is 3.52. The Bertz CT molecular complexity index is 411. The monoisotopic (exact) mass is 263 g/mol. The summed E-state index contributed by atoms with van der Waals surface area (Å²) in [6.45, 7) is 4.49. The first kappa shape index (κ1) is 13.8. The van der Waals surface area contributed by atoms with E-state index in [9.17, 15) is 4.79 Å². The largest absolute Gasteiger partial charge is 0.396 e. The number of piperidine rings is 1. The summed E-state index contributed by atoms with van der Waals surface area (Å²) < 4.78 is 0. The number of carbonyl (C=O) groups is 1. The van der Waals surface area contributed by atoms with E-state index in [1.54, 1.807) is 12.3 Å². The minimum Gasteiger partial charge on any atom is -0.396 e. The van der Waals surface area contributed by atoms with E-state index in [0.29, 0.717) is 24.7 Å². The molecular weight excluding hydrogens is 242 g/mol. The SMILES string of the molecule is CCNc1ccc(C(=O)N2CCC(CO)CC2)nc1. The lowest BCUT2D eigenvalue weighted by Crippen LogP contribution is -2.39. The summed E-state index contributed by atoms with van der Waals surface area (Å²) in [7, 11) is 0. The third kappa shape index (κ3) is 3.44. The highest BCUT2D eigenvalue weighted by molar-refractivity contribution is 5.92. The number of likely N-dealkylation sites (tertiary alicyclic amines) is 1. The van der Waals surface area contributed by atoms with Gasteiger partial charge in [0.15, 0.2) is 0 Å². The summed E-state index contributed by atoms with van der Waals surface area (Å²) in [5.74, 6) is 0.326. The maximum Gasteiger partial charge on any atom is 0.272 e. The van der Waals surface area contributed by atoms with Gasteiger partial charge in [-0.05, 0) is 37.8 Å². The Morgan fingerprint density at radius 3 is 2.74 bits per heavy atom. The molecule has 2 N–H and O–H groups in total. The highest BCUT2D eigenvalue weighted by Gasteiger charge is 2.23. The van der Waals surface area contributed by atoms with Crippen LogP contribution in [0.15, 0.2) is 18.3 Å². The topological polar surface area (TPSA) is 65.5 Å².